The molecular formula is C16H36PPd+. The van der Waals surface area contributed by atoms with Crippen LogP contribution in [0, 0.1) is 0 Å². The van der Waals surface area contributed by atoms with E-state index in [1.807, 2.05) is 0 Å². The van der Waals surface area contributed by atoms with Gasteiger partial charge in [-0.1, -0.05) is 53.4 Å². The van der Waals surface area contributed by atoms with Gasteiger partial charge in [0.05, 0.1) is 24.6 Å². The van der Waals surface area contributed by atoms with Crippen molar-refractivity contribution >= 4 is 7.26 Å². The average Bonchev–Trinajstić information content (AvgIpc) is 2.37. The second kappa shape index (κ2) is 14.5. The first-order valence-electron chi connectivity index (χ1n) is 8.09. The summed E-state index contributed by atoms with van der Waals surface area (Å²) < 4.78 is 0. The zero-order valence-electron chi connectivity index (χ0n) is 13.2. The molecule has 0 saturated heterocycles. The van der Waals surface area contributed by atoms with E-state index in [0.29, 0.717) is 0 Å². The van der Waals surface area contributed by atoms with Crippen LogP contribution in [0.15, 0.2) is 0 Å². The zero-order valence-corrected chi connectivity index (χ0v) is 15.7. The van der Waals surface area contributed by atoms with Gasteiger partial charge < -0.3 is 0 Å². The Morgan fingerprint density at radius 1 is 0.500 bits per heavy atom. The fourth-order valence-corrected chi connectivity index (χ4v) is 7.93. The van der Waals surface area contributed by atoms with Gasteiger partial charge >= 0.3 is 0 Å². The molecule has 0 aromatic heterocycles. The molecule has 0 aliphatic rings. The molecule has 0 saturated carbocycles. The standard InChI is InChI=1S/C16H36P.Pd/c1-5-9-13-17(14-10-6-2,15-11-7-3)16-12-8-4;/h5-16H2,1-4H3;/q+1;. The molecule has 0 aliphatic heterocycles. The Morgan fingerprint density at radius 3 is 0.889 bits per heavy atom. The van der Waals surface area contributed by atoms with Crippen molar-refractivity contribution < 1.29 is 20.4 Å². The largest absolute Gasteiger partial charge is 0.0652 e. The van der Waals surface area contributed by atoms with E-state index in [2.05, 4.69) is 27.7 Å². The van der Waals surface area contributed by atoms with Crippen molar-refractivity contribution in [2.45, 2.75) is 79.1 Å². The van der Waals surface area contributed by atoms with E-state index in [1.165, 1.54) is 51.4 Å². The molecule has 0 bridgehead atoms. The van der Waals surface area contributed by atoms with Crippen LogP contribution in [0.5, 0.6) is 0 Å². The first-order valence-corrected chi connectivity index (χ1v) is 10.6. The first-order chi connectivity index (χ1) is 8.24. The quantitative estimate of drug-likeness (QED) is 0.285. The molecule has 114 valence electrons. The maximum Gasteiger partial charge on any atom is 0.0594 e. The van der Waals surface area contributed by atoms with Gasteiger partial charge in [0, 0.05) is 27.7 Å². The van der Waals surface area contributed by atoms with Gasteiger partial charge in [-0.2, -0.15) is 0 Å². The Morgan fingerprint density at radius 2 is 0.722 bits per heavy atom. The molecule has 18 heavy (non-hydrogen) atoms. The van der Waals surface area contributed by atoms with Gasteiger partial charge in [0.15, 0.2) is 0 Å². The van der Waals surface area contributed by atoms with Crippen molar-refractivity contribution in [2.75, 3.05) is 24.6 Å². The van der Waals surface area contributed by atoms with Crippen molar-refractivity contribution in [1.82, 2.24) is 0 Å². The summed E-state index contributed by atoms with van der Waals surface area (Å²) in [5, 5.41) is 0. The normalized spacial score (nSPS) is 11.3. The predicted molar refractivity (Wildman–Crippen MR) is 86.0 cm³/mol. The molecule has 0 atom stereocenters. The molecule has 0 amide bonds. The van der Waals surface area contributed by atoms with Gasteiger partial charge in [0.25, 0.3) is 0 Å². The van der Waals surface area contributed by atoms with Crippen LogP contribution >= 0.6 is 7.26 Å². The molecule has 0 aromatic carbocycles. The Labute approximate surface area is 131 Å². The molecule has 0 nitrogen and oxygen atoms in total. The molecule has 0 N–H and O–H groups in total. The maximum absolute atomic E-state index is 2.36. The summed E-state index contributed by atoms with van der Waals surface area (Å²) >= 11 is 0. The molecule has 2 heteroatoms. The Balaban J connectivity index is 0. The van der Waals surface area contributed by atoms with E-state index in [1.54, 1.807) is 24.6 Å². The van der Waals surface area contributed by atoms with Crippen LogP contribution < -0.4 is 0 Å². The average molecular weight is 366 g/mol. The van der Waals surface area contributed by atoms with Crippen LogP contribution in [0.25, 0.3) is 0 Å². The van der Waals surface area contributed by atoms with Crippen molar-refractivity contribution in [2.24, 2.45) is 0 Å². The van der Waals surface area contributed by atoms with E-state index in [4.69, 9.17) is 0 Å². The zero-order chi connectivity index (χ0) is 13.0. The molecule has 0 spiro atoms. The smallest absolute Gasteiger partial charge is 0.0594 e. The summed E-state index contributed by atoms with van der Waals surface area (Å²) in [5.74, 6) is 0. The Kier molecular flexibility index (Phi) is 17.2. The molecule has 0 aliphatic carbocycles. The van der Waals surface area contributed by atoms with Gasteiger partial charge in [0.2, 0.25) is 0 Å². The van der Waals surface area contributed by atoms with Crippen molar-refractivity contribution in [1.29, 1.82) is 0 Å². The van der Waals surface area contributed by atoms with E-state index < -0.39 is 7.26 Å². The van der Waals surface area contributed by atoms with E-state index in [0.717, 1.165) is 0 Å². The van der Waals surface area contributed by atoms with Crippen LogP contribution in [-0.4, -0.2) is 24.6 Å². The minimum Gasteiger partial charge on any atom is -0.0652 e. The van der Waals surface area contributed by atoms with Crippen molar-refractivity contribution in [3.8, 4) is 0 Å². The van der Waals surface area contributed by atoms with Gasteiger partial charge in [-0.15, -0.1) is 0 Å². The Bertz CT molecular complexity index is 122. The summed E-state index contributed by atoms with van der Waals surface area (Å²) in [6, 6.07) is 0. The fourth-order valence-electron chi connectivity index (χ4n) is 2.64. The van der Waals surface area contributed by atoms with E-state index >= 15 is 0 Å². The Hall–Kier alpha value is 1.09. The molecule has 0 unspecified atom stereocenters. The third-order valence-corrected chi connectivity index (χ3v) is 9.00. The van der Waals surface area contributed by atoms with Gasteiger partial charge in [-0.25, -0.2) is 0 Å². The minimum absolute atomic E-state index is 0. The number of hydrogen-bond donors (Lipinski definition) is 0. The number of unbranched alkanes of at least 4 members (excludes halogenated alkanes) is 4. The van der Waals surface area contributed by atoms with Gasteiger partial charge in [-0.05, 0) is 25.7 Å². The second-order valence-corrected chi connectivity index (χ2v) is 10.1. The minimum atomic E-state index is -0.562. The second-order valence-electron chi connectivity index (χ2n) is 5.65. The first kappa shape index (κ1) is 21.4. The number of hydrogen-bond acceptors (Lipinski definition) is 0. The number of rotatable bonds is 12. The van der Waals surface area contributed by atoms with Crippen LogP contribution in [0.3, 0.4) is 0 Å². The van der Waals surface area contributed by atoms with E-state index in [9.17, 15) is 0 Å². The predicted octanol–water partition coefficient (Wildman–Crippen LogP) is 6.20. The molecule has 0 radical (unpaired) electrons. The van der Waals surface area contributed by atoms with Crippen LogP contribution in [0.4, 0.5) is 0 Å². The fraction of sp³-hybridized carbons (Fsp3) is 1.00. The molecular weight excluding hydrogens is 330 g/mol. The summed E-state index contributed by atoms with van der Waals surface area (Å²) in [5.41, 5.74) is 0. The summed E-state index contributed by atoms with van der Waals surface area (Å²) in [6.07, 6.45) is 17.9. The van der Waals surface area contributed by atoms with Gasteiger partial charge in [0.1, 0.15) is 0 Å². The summed E-state index contributed by atoms with van der Waals surface area (Å²) in [7, 11) is -0.562. The topological polar surface area (TPSA) is 0 Å². The van der Waals surface area contributed by atoms with Crippen LogP contribution in [0.2, 0.25) is 0 Å². The molecule has 0 rings (SSSR count). The molecule has 0 fully saturated rings. The maximum atomic E-state index is 2.36. The van der Waals surface area contributed by atoms with Crippen molar-refractivity contribution in [3.63, 3.8) is 0 Å². The van der Waals surface area contributed by atoms with Gasteiger partial charge in [-0.3, -0.25) is 0 Å². The SMILES string of the molecule is CCCC[P+](CCCC)(CCCC)CCCC.[Pd]. The summed E-state index contributed by atoms with van der Waals surface area (Å²) in [4.78, 5) is 0. The monoisotopic (exact) mass is 365 g/mol. The third kappa shape index (κ3) is 9.95. The van der Waals surface area contributed by atoms with Crippen LogP contribution in [0.1, 0.15) is 79.1 Å². The molecule has 0 aromatic rings. The van der Waals surface area contributed by atoms with E-state index in [-0.39, 0.29) is 20.4 Å². The third-order valence-electron chi connectivity index (χ3n) is 3.94. The molecule has 0 heterocycles. The van der Waals surface area contributed by atoms with Crippen molar-refractivity contribution in [3.05, 3.63) is 0 Å². The van der Waals surface area contributed by atoms with Crippen LogP contribution in [-0.2, 0) is 20.4 Å². The summed E-state index contributed by atoms with van der Waals surface area (Å²) in [6.45, 7) is 9.42.